The molecule has 0 atom stereocenters. The Labute approximate surface area is 80.0 Å². The Balaban J connectivity index is 3.27. The molecule has 5 heteroatoms. The van der Waals surface area contributed by atoms with Gasteiger partial charge in [-0.2, -0.15) is 0 Å². The molecule has 0 fully saturated rings. The van der Waals surface area contributed by atoms with Crippen LogP contribution in [-0.4, -0.2) is 15.6 Å². The SMILES string of the molecule is CC(C)n1ccc(C(=O)O)c1C(F)F. The maximum atomic E-state index is 12.6. The number of carbonyl (C=O) groups is 1. The number of alkyl halides is 2. The Morgan fingerprint density at radius 1 is 1.50 bits per heavy atom. The quantitative estimate of drug-likeness (QED) is 0.820. The first kappa shape index (κ1) is 10.7. The van der Waals surface area contributed by atoms with Gasteiger partial charge in [-0.3, -0.25) is 0 Å². The van der Waals surface area contributed by atoms with E-state index in [2.05, 4.69) is 0 Å². The fourth-order valence-electron chi connectivity index (χ4n) is 1.32. The van der Waals surface area contributed by atoms with Crippen LogP contribution in [-0.2, 0) is 0 Å². The molecule has 0 saturated heterocycles. The summed E-state index contributed by atoms with van der Waals surface area (Å²) in [6.45, 7) is 3.44. The van der Waals surface area contributed by atoms with Crippen LogP contribution in [0.15, 0.2) is 12.3 Å². The molecule has 0 bridgehead atoms. The van der Waals surface area contributed by atoms with E-state index in [4.69, 9.17) is 5.11 Å². The number of carboxylic acid groups (broad SMARTS) is 1. The van der Waals surface area contributed by atoms with E-state index in [-0.39, 0.29) is 11.6 Å². The molecule has 0 aliphatic rings. The second kappa shape index (κ2) is 3.77. The summed E-state index contributed by atoms with van der Waals surface area (Å²) in [5, 5.41) is 8.66. The predicted octanol–water partition coefficient (Wildman–Crippen LogP) is 2.70. The number of carboxylic acids is 1. The molecule has 1 rings (SSSR count). The second-order valence-corrected chi connectivity index (χ2v) is 3.22. The molecule has 3 nitrogen and oxygen atoms in total. The third-order valence-electron chi connectivity index (χ3n) is 1.95. The lowest BCUT2D eigenvalue weighted by Gasteiger charge is -2.12. The van der Waals surface area contributed by atoms with Crippen LogP contribution in [0.3, 0.4) is 0 Å². The van der Waals surface area contributed by atoms with Crippen LogP contribution in [0.25, 0.3) is 0 Å². The molecule has 0 saturated carbocycles. The number of halogens is 2. The molecule has 0 aromatic carbocycles. The van der Waals surface area contributed by atoms with Crippen LogP contribution in [0.1, 0.15) is 42.4 Å². The Kier molecular flexibility index (Phi) is 2.88. The summed E-state index contributed by atoms with van der Waals surface area (Å²) in [4.78, 5) is 10.6. The van der Waals surface area contributed by atoms with Gasteiger partial charge in [-0.1, -0.05) is 0 Å². The highest BCUT2D eigenvalue weighted by Gasteiger charge is 2.23. The van der Waals surface area contributed by atoms with Crippen LogP contribution >= 0.6 is 0 Å². The predicted molar refractivity (Wildman–Crippen MR) is 46.7 cm³/mol. The highest BCUT2D eigenvalue weighted by molar-refractivity contribution is 5.89. The molecular formula is C9H11F2NO2. The summed E-state index contributed by atoms with van der Waals surface area (Å²) in [5.74, 6) is -1.32. The molecule has 1 heterocycles. The van der Waals surface area contributed by atoms with E-state index < -0.39 is 18.1 Å². The monoisotopic (exact) mass is 203 g/mol. The average molecular weight is 203 g/mol. The van der Waals surface area contributed by atoms with Crippen molar-refractivity contribution in [3.63, 3.8) is 0 Å². The topological polar surface area (TPSA) is 42.2 Å². The maximum Gasteiger partial charge on any atom is 0.337 e. The minimum Gasteiger partial charge on any atom is -0.478 e. The van der Waals surface area contributed by atoms with Crippen molar-refractivity contribution in [3.05, 3.63) is 23.5 Å². The molecule has 1 aromatic heterocycles. The van der Waals surface area contributed by atoms with Gasteiger partial charge >= 0.3 is 5.97 Å². The fourth-order valence-corrected chi connectivity index (χ4v) is 1.32. The summed E-state index contributed by atoms with van der Waals surface area (Å²) in [6.07, 6.45) is -1.39. The summed E-state index contributed by atoms with van der Waals surface area (Å²) >= 11 is 0. The van der Waals surface area contributed by atoms with Crippen molar-refractivity contribution in [1.29, 1.82) is 0 Å². The molecule has 14 heavy (non-hydrogen) atoms. The zero-order chi connectivity index (χ0) is 10.9. The summed E-state index contributed by atoms with van der Waals surface area (Å²) in [7, 11) is 0. The van der Waals surface area contributed by atoms with Crippen LogP contribution in [0.2, 0.25) is 0 Å². The average Bonchev–Trinajstić information content (AvgIpc) is 2.46. The Hall–Kier alpha value is -1.39. The van der Waals surface area contributed by atoms with Gasteiger partial charge < -0.3 is 9.67 Å². The van der Waals surface area contributed by atoms with Gasteiger partial charge in [0.15, 0.2) is 0 Å². The van der Waals surface area contributed by atoms with Crippen molar-refractivity contribution >= 4 is 5.97 Å². The standard InChI is InChI=1S/C9H11F2NO2/c1-5(2)12-4-3-6(9(13)14)7(12)8(10)11/h3-5,8H,1-2H3,(H,13,14). The molecule has 78 valence electrons. The molecule has 1 N–H and O–H groups in total. The van der Waals surface area contributed by atoms with Crippen LogP contribution in [0.4, 0.5) is 8.78 Å². The summed E-state index contributed by atoms with van der Waals surface area (Å²) < 4.78 is 26.4. The zero-order valence-corrected chi connectivity index (χ0v) is 7.87. The number of aromatic carboxylic acids is 1. The van der Waals surface area contributed by atoms with Crippen LogP contribution in [0.5, 0.6) is 0 Å². The molecule has 0 amide bonds. The van der Waals surface area contributed by atoms with Crippen molar-refractivity contribution in [3.8, 4) is 0 Å². The van der Waals surface area contributed by atoms with Crippen LogP contribution < -0.4 is 0 Å². The van der Waals surface area contributed by atoms with Gasteiger partial charge in [-0.05, 0) is 19.9 Å². The van der Waals surface area contributed by atoms with E-state index in [1.807, 2.05) is 0 Å². The highest BCUT2D eigenvalue weighted by Crippen LogP contribution is 2.26. The van der Waals surface area contributed by atoms with Crippen molar-refractivity contribution in [2.75, 3.05) is 0 Å². The highest BCUT2D eigenvalue weighted by atomic mass is 19.3. The third kappa shape index (κ3) is 1.76. The van der Waals surface area contributed by atoms with Crippen molar-refractivity contribution in [2.24, 2.45) is 0 Å². The minimum atomic E-state index is -2.77. The Morgan fingerprint density at radius 2 is 2.07 bits per heavy atom. The van der Waals surface area contributed by atoms with E-state index >= 15 is 0 Å². The Bertz CT molecular complexity index is 345. The first-order chi connectivity index (χ1) is 6.45. The molecule has 0 aliphatic carbocycles. The van der Waals surface area contributed by atoms with Crippen molar-refractivity contribution in [1.82, 2.24) is 4.57 Å². The van der Waals surface area contributed by atoms with E-state index in [0.717, 1.165) is 0 Å². The Morgan fingerprint density at radius 3 is 2.43 bits per heavy atom. The summed E-state index contributed by atoms with van der Waals surface area (Å²) in [6, 6.07) is 1.02. The number of nitrogens with zero attached hydrogens (tertiary/aromatic N) is 1. The second-order valence-electron chi connectivity index (χ2n) is 3.22. The molecule has 0 unspecified atom stereocenters. The molecule has 0 spiro atoms. The fraction of sp³-hybridized carbons (Fsp3) is 0.444. The van der Waals surface area contributed by atoms with E-state index in [9.17, 15) is 13.6 Å². The molecule has 0 aliphatic heterocycles. The molecular weight excluding hydrogens is 192 g/mol. The molecule has 1 aromatic rings. The number of hydrogen-bond acceptors (Lipinski definition) is 1. The van der Waals surface area contributed by atoms with Crippen LogP contribution in [0, 0.1) is 0 Å². The lowest BCUT2D eigenvalue weighted by atomic mass is 10.2. The van der Waals surface area contributed by atoms with Crippen molar-refractivity contribution < 1.29 is 18.7 Å². The number of aromatic nitrogens is 1. The van der Waals surface area contributed by atoms with Gasteiger partial charge in [-0.15, -0.1) is 0 Å². The van der Waals surface area contributed by atoms with E-state index in [1.165, 1.54) is 16.8 Å². The van der Waals surface area contributed by atoms with Gasteiger partial charge in [0.1, 0.15) is 0 Å². The first-order valence-corrected chi connectivity index (χ1v) is 4.17. The van der Waals surface area contributed by atoms with E-state index in [0.29, 0.717) is 0 Å². The third-order valence-corrected chi connectivity index (χ3v) is 1.95. The number of hydrogen-bond donors (Lipinski definition) is 1. The van der Waals surface area contributed by atoms with Crippen molar-refractivity contribution in [2.45, 2.75) is 26.3 Å². The summed E-state index contributed by atoms with van der Waals surface area (Å²) in [5.41, 5.74) is -0.749. The van der Waals surface area contributed by atoms with Gasteiger partial charge in [0.05, 0.1) is 11.3 Å². The van der Waals surface area contributed by atoms with Gasteiger partial charge in [0, 0.05) is 12.2 Å². The van der Waals surface area contributed by atoms with E-state index in [1.54, 1.807) is 13.8 Å². The smallest absolute Gasteiger partial charge is 0.337 e. The normalized spacial score (nSPS) is 11.3. The number of rotatable bonds is 3. The van der Waals surface area contributed by atoms with Gasteiger partial charge in [0.25, 0.3) is 6.43 Å². The van der Waals surface area contributed by atoms with Gasteiger partial charge in [0.2, 0.25) is 0 Å². The molecule has 0 radical (unpaired) electrons. The lowest BCUT2D eigenvalue weighted by Crippen LogP contribution is -2.09. The lowest BCUT2D eigenvalue weighted by molar-refractivity contribution is 0.0681. The minimum absolute atomic E-state index is 0.174. The van der Waals surface area contributed by atoms with Gasteiger partial charge in [-0.25, -0.2) is 13.6 Å². The zero-order valence-electron chi connectivity index (χ0n) is 7.87. The first-order valence-electron chi connectivity index (χ1n) is 4.17. The maximum absolute atomic E-state index is 12.6. The largest absolute Gasteiger partial charge is 0.478 e.